The Morgan fingerprint density at radius 2 is 1.77 bits per heavy atom. The second kappa shape index (κ2) is 3.80. The van der Waals surface area contributed by atoms with Gasteiger partial charge in [0.05, 0.1) is 11.5 Å². The molecule has 0 heterocycles. The standard InChI is InChI=1S/C19H26O3/c1-17(18-3-2-13(9-18)15(10-18)16(20)21)14-5-11-4-12(6-14)8-19(17,22)7-11/h2-3,11-15,22H,4-10H2,1H3,(H,20,21). The number of aliphatic hydroxyl groups is 1. The second-order valence-electron chi connectivity index (χ2n) is 9.31. The molecule has 0 saturated heterocycles. The lowest BCUT2D eigenvalue weighted by atomic mass is 9.37. The van der Waals surface area contributed by atoms with Crippen molar-refractivity contribution >= 4 is 5.97 Å². The number of hydrogen-bond acceptors (Lipinski definition) is 2. The van der Waals surface area contributed by atoms with E-state index in [4.69, 9.17) is 0 Å². The molecule has 5 fully saturated rings. The van der Waals surface area contributed by atoms with E-state index in [0.717, 1.165) is 25.7 Å². The Morgan fingerprint density at radius 1 is 1.09 bits per heavy atom. The number of carbonyl (C=O) groups is 1. The maximum atomic E-state index is 11.6. The number of fused-ring (bicyclic) bond motifs is 3. The first-order valence-electron chi connectivity index (χ1n) is 9.01. The minimum atomic E-state index is -0.643. The van der Waals surface area contributed by atoms with Gasteiger partial charge in [0.25, 0.3) is 0 Å². The van der Waals surface area contributed by atoms with Crippen molar-refractivity contribution in [2.24, 2.45) is 40.4 Å². The fourth-order valence-electron chi connectivity index (χ4n) is 7.79. The summed E-state index contributed by atoms with van der Waals surface area (Å²) in [6, 6.07) is 0. The van der Waals surface area contributed by atoms with Gasteiger partial charge in [-0.25, -0.2) is 0 Å². The predicted molar refractivity (Wildman–Crippen MR) is 82.0 cm³/mol. The van der Waals surface area contributed by atoms with Crippen LogP contribution in [0.15, 0.2) is 12.2 Å². The van der Waals surface area contributed by atoms with Crippen molar-refractivity contribution in [3.8, 4) is 0 Å². The molecule has 3 heteroatoms. The highest BCUT2D eigenvalue weighted by Gasteiger charge is 2.72. The summed E-state index contributed by atoms with van der Waals surface area (Å²) in [6.45, 7) is 2.31. The molecule has 0 aromatic rings. The molecule has 22 heavy (non-hydrogen) atoms. The summed E-state index contributed by atoms with van der Waals surface area (Å²) in [5, 5.41) is 21.2. The molecule has 6 aliphatic carbocycles. The number of carboxylic acid groups (broad SMARTS) is 1. The molecular formula is C19H26O3. The Kier molecular flexibility index (Phi) is 2.35. The van der Waals surface area contributed by atoms with Gasteiger partial charge < -0.3 is 10.2 Å². The SMILES string of the molecule is CC1(C23C=CC(C2)C(C(=O)O)C3)C2CC3CC(C2)CC1(O)C3. The molecule has 6 rings (SSSR count). The van der Waals surface area contributed by atoms with Gasteiger partial charge in [-0.1, -0.05) is 19.1 Å². The first-order chi connectivity index (χ1) is 10.4. The maximum Gasteiger partial charge on any atom is 0.307 e. The highest BCUT2D eigenvalue weighted by molar-refractivity contribution is 5.72. The maximum absolute atomic E-state index is 11.6. The first kappa shape index (κ1) is 13.6. The fourth-order valence-corrected chi connectivity index (χ4v) is 7.79. The Morgan fingerprint density at radius 3 is 2.32 bits per heavy atom. The molecular weight excluding hydrogens is 276 g/mol. The first-order valence-corrected chi connectivity index (χ1v) is 9.01. The molecule has 0 radical (unpaired) electrons. The summed E-state index contributed by atoms with van der Waals surface area (Å²) in [4.78, 5) is 11.6. The van der Waals surface area contributed by atoms with Gasteiger partial charge in [0.1, 0.15) is 0 Å². The van der Waals surface area contributed by atoms with E-state index in [0.29, 0.717) is 17.8 Å². The Labute approximate surface area is 131 Å². The third-order valence-corrected chi connectivity index (χ3v) is 8.65. The highest BCUT2D eigenvalue weighted by Crippen LogP contribution is 2.74. The quantitative estimate of drug-likeness (QED) is 0.770. The molecule has 120 valence electrons. The summed E-state index contributed by atoms with van der Waals surface area (Å²) >= 11 is 0. The van der Waals surface area contributed by atoms with Crippen LogP contribution in [0.4, 0.5) is 0 Å². The monoisotopic (exact) mass is 302 g/mol. The van der Waals surface area contributed by atoms with Crippen molar-refractivity contribution in [1.29, 1.82) is 0 Å². The lowest BCUT2D eigenvalue weighted by Crippen LogP contribution is -2.68. The van der Waals surface area contributed by atoms with Crippen molar-refractivity contribution in [3.05, 3.63) is 12.2 Å². The van der Waals surface area contributed by atoms with Gasteiger partial charge in [-0.05, 0) is 74.0 Å². The van der Waals surface area contributed by atoms with Crippen molar-refractivity contribution in [2.75, 3.05) is 0 Å². The summed E-state index contributed by atoms with van der Waals surface area (Å²) in [5.74, 6) is 1.32. The molecule has 6 unspecified atom stereocenters. The van der Waals surface area contributed by atoms with E-state index in [1.165, 1.54) is 19.3 Å². The summed E-state index contributed by atoms with van der Waals surface area (Å²) < 4.78 is 0. The zero-order valence-corrected chi connectivity index (χ0v) is 13.3. The van der Waals surface area contributed by atoms with E-state index >= 15 is 0 Å². The fraction of sp³-hybridized carbons (Fsp3) is 0.842. The molecule has 0 aromatic carbocycles. The molecule has 5 saturated carbocycles. The summed E-state index contributed by atoms with van der Waals surface area (Å²) in [7, 11) is 0. The number of aliphatic carboxylic acids is 1. The molecule has 6 atom stereocenters. The Bertz CT molecular complexity index is 567. The lowest BCUT2D eigenvalue weighted by molar-refractivity contribution is -0.256. The van der Waals surface area contributed by atoms with Gasteiger partial charge >= 0.3 is 5.97 Å². The minimum Gasteiger partial charge on any atom is -0.481 e. The minimum absolute atomic E-state index is 0.0760. The zero-order chi connectivity index (χ0) is 15.3. The van der Waals surface area contributed by atoms with Gasteiger partial charge in [-0.2, -0.15) is 0 Å². The zero-order valence-electron chi connectivity index (χ0n) is 13.3. The van der Waals surface area contributed by atoms with Crippen LogP contribution in [0.5, 0.6) is 0 Å². The Hall–Kier alpha value is -0.830. The molecule has 0 aliphatic heterocycles. The number of allylic oxidation sites excluding steroid dienone is 2. The second-order valence-corrected chi connectivity index (χ2v) is 9.31. The van der Waals surface area contributed by atoms with Gasteiger partial charge in [-0.15, -0.1) is 0 Å². The largest absolute Gasteiger partial charge is 0.481 e. The number of hydrogen-bond donors (Lipinski definition) is 2. The van der Waals surface area contributed by atoms with Crippen LogP contribution in [-0.4, -0.2) is 21.8 Å². The number of carboxylic acids is 1. The lowest BCUT2D eigenvalue weighted by Gasteiger charge is -2.69. The van der Waals surface area contributed by atoms with Gasteiger partial charge in [0.2, 0.25) is 0 Å². The number of rotatable bonds is 2. The summed E-state index contributed by atoms with van der Waals surface area (Å²) in [6.07, 6.45) is 11.9. The molecule has 6 aliphatic rings. The molecule has 0 aromatic heterocycles. The van der Waals surface area contributed by atoms with Crippen molar-refractivity contribution in [1.82, 2.24) is 0 Å². The van der Waals surface area contributed by atoms with Crippen LogP contribution in [0.1, 0.15) is 51.9 Å². The van der Waals surface area contributed by atoms with Crippen LogP contribution in [-0.2, 0) is 4.79 Å². The van der Waals surface area contributed by atoms with Crippen LogP contribution in [0.25, 0.3) is 0 Å². The van der Waals surface area contributed by atoms with Crippen LogP contribution in [0.2, 0.25) is 0 Å². The third kappa shape index (κ3) is 1.32. The average Bonchev–Trinajstić information content (AvgIpc) is 3.03. The van der Waals surface area contributed by atoms with E-state index in [9.17, 15) is 15.0 Å². The molecule has 3 nitrogen and oxygen atoms in total. The average molecular weight is 302 g/mol. The normalized spacial score (nSPS) is 61.1. The van der Waals surface area contributed by atoms with E-state index in [1.54, 1.807) is 0 Å². The van der Waals surface area contributed by atoms with Crippen molar-refractivity contribution < 1.29 is 15.0 Å². The van der Waals surface area contributed by atoms with Crippen LogP contribution in [0, 0.1) is 40.4 Å². The van der Waals surface area contributed by atoms with E-state index in [2.05, 4.69) is 19.1 Å². The topological polar surface area (TPSA) is 57.5 Å². The third-order valence-electron chi connectivity index (χ3n) is 8.65. The molecule has 6 bridgehead atoms. The van der Waals surface area contributed by atoms with Crippen LogP contribution < -0.4 is 0 Å². The van der Waals surface area contributed by atoms with Gasteiger partial charge in [0, 0.05) is 5.41 Å². The van der Waals surface area contributed by atoms with Gasteiger partial charge in [-0.3, -0.25) is 4.79 Å². The van der Waals surface area contributed by atoms with Crippen molar-refractivity contribution in [3.63, 3.8) is 0 Å². The van der Waals surface area contributed by atoms with Crippen molar-refractivity contribution in [2.45, 2.75) is 57.5 Å². The molecule has 0 amide bonds. The van der Waals surface area contributed by atoms with E-state index < -0.39 is 11.6 Å². The molecule has 2 N–H and O–H groups in total. The predicted octanol–water partition coefficient (Wildman–Crippen LogP) is 3.23. The van der Waals surface area contributed by atoms with E-state index in [1.807, 2.05) is 0 Å². The van der Waals surface area contributed by atoms with E-state index in [-0.39, 0.29) is 22.7 Å². The highest BCUT2D eigenvalue weighted by atomic mass is 16.4. The Balaban J connectivity index is 1.60. The van der Waals surface area contributed by atoms with Crippen LogP contribution in [0.3, 0.4) is 0 Å². The van der Waals surface area contributed by atoms with Gasteiger partial charge in [0.15, 0.2) is 0 Å². The molecule has 0 spiro atoms. The summed E-state index contributed by atoms with van der Waals surface area (Å²) in [5.41, 5.74) is -0.759. The van der Waals surface area contributed by atoms with Crippen LogP contribution >= 0.6 is 0 Å². The smallest absolute Gasteiger partial charge is 0.307 e.